The summed E-state index contributed by atoms with van der Waals surface area (Å²) in [5.74, 6) is 0.865. The van der Waals surface area contributed by atoms with E-state index >= 15 is 0 Å². The van der Waals surface area contributed by atoms with Gasteiger partial charge in [0.25, 0.3) is 0 Å². The van der Waals surface area contributed by atoms with Crippen molar-refractivity contribution in [2.75, 3.05) is 19.9 Å². The van der Waals surface area contributed by atoms with Crippen LogP contribution in [-0.2, 0) is 21.8 Å². The summed E-state index contributed by atoms with van der Waals surface area (Å²) in [6.45, 7) is 0.648. The van der Waals surface area contributed by atoms with Crippen LogP contribution < -0.4 is 0 Å². The molecule has 6 heteroatoms. The van der Waals surface area contributed by atoms with E-state index in [4.69, 9.17) is 4.74 Å². The van der Waals surface area contributed by atoms with E-state index in [0.717, 1.165) is 5.56 Å². The van der Waals surface area contributed by atoms with E-state index in [0.29, 0.717) is 23.6 Å². The maximum atomic E-state index is 12.1. The number of rotatable bonds is 7. The summed E-state index contributed by atoms with van der Waals surface area (Å²) in [5, 5.41) is 2.01. The van der Waals surface area contributed by atoms with E-state index in [2.05, 4.69) is 0 Å². The molecule has 0 unspecified atom stereocenters. The van der Waals surface area contributed by atoms with Crippen molar-refractivity contribution in [2.24, 2.45) is 0 Å². The maximum absolute atomic E-state index is 12.1. The van der Waals surface area contributed by atoms with Crippen LogP contribution >= 0.6 is 23.1 Å². The minimum atomic E-state index is -0.344. The normalized spacial score (nSPS) is 10.3. The van der Waals surface area contributed by atoms with Crippen LogP contribution in [0.5, 0.6) is 0 Å². The average Bonchev–Trinajstić information content (AvgIpc) is 3.07. The highest BCUT2D eigenvalue weighted by atomic mass is 32.2. The second kappa shape index (κ2) is 8.74. The first-order valence-corrected chi connectivity index (χ1v) is 9.15. The molecule has 122 valence electrons. The van der Waals surface area contributed by atoms with Crippen molar-refractivity contribution in [1.82, 2.24) is 4.90 Å². The van der Waals surface area contributed by atoms with Crippen LogP contribution in [0.1, 0.15) is 20.8 Å². The lowest BCUT2D eigenvalue weighted by Gasteiger charge is -2.16. The molecule has 0 aliphatic carbocycles. The summed E-state index contributed by atoms with van der Waals surface area (Å²) in [6, 6.07) is 11.3. The number of thioether (sulfide) groups is 1. The Balaban J connectivity index is 1.80. The second-order valence-corrected chi connectivity index (χ2v) is 7.03. The predicted octanol–water partition coefficient (Wildman–Crippen LogP) is 3.43. The third-order valence-corrected chi connectivity index (χ3v) is 5.09. The molecule has 2 aromatic rings. The molecule has 0 aliphatic heterocycles. The smallest absolute Gasteiger partial charge is 0.337 e. The highest BCUT2D eigenvalue weighted by Gasteiger charge is 2.10. The number of carbonyl (C=O) groups is 2. The van der Waals surface area contributed by atoms with Gasteiger partial charge < -0.3 is 9.64 Å². The van der Waals surface area contributed by atoms with E-state index in [1.54, 1.807) is 40.1 Å². The van der Waals surface area contributed by atoms with Crippen molar-refractivity contribution in [1.29, 1.82) is 0 Å². The van der Waals surface area contributed by atoms with Gasteiger partial charge >= 0.3 is 5.97 Å². The number of thiophene rings is 1. The molecule has 0 N–H and O–H groups in total. The molecule has 0 atom stereocenters. The van der Waals surface area contributed by atoms with Gasteiger partial charge in [-0.1, -0.05) is 18.2 Å². The Bertz CT molecular complexity index is 656. The van der Waals surface area contributed by atoms with Crippen LogP contribution in [0.3, 0.4) is 0 Å². The molecule has 1 heterocycles. The van der Waals surface area contributed by atoms with Crippen LogP contribution in [-0.4, -0.2) is 36.7 Å². The van der Waals surface area contributed by atoms with Crippen LogP contribution in [0.15, 0.2) is 41.8 Å². The van der Waals surface area contributed by atoms with Crippen molar-refractivity contribution in [3.05, 3.63) is 57.8 Å². The van der Waals surface area contributed by atoms with E-state index in [1.807, 2.05) is 36.7 Å². The summed E-state index contributed by atoms with van der Waals surface area (Å²) < 4.78 is 4.71. The Morgan fingerprint density at radius 3 is 2.78 bits per heavy atom. The first-order valence-electron chi connectivity index (χ1n) is 7.11. The summed E-state index contributed by atoms with van der Waals surface area (Å²) in [4.78, 5) is 26.5. The Hall–Kier alpha value is -1.79. The zero-order chi connectivity index (χ0) is 16.7. The molecule has 4 nitrogen and oxygen atoms in total. The van der Waals surface area contributed by atoms with Crippen LogP contribution in [0, 0.1) is 0 Å². The zero-order valence-electron chi connectivity index (χ0n) is 13.2. The molecule has 0 radical (unpaired) electrons. The van der Waals surface area contributed by atoms with Crippen molar-refractivity contribution < 1.29 is 14.3 Å². The van der Waals surface area contributed by atoms with Crippen molar-refractivity contribution in [3.63, 3.8) is 0 Å². The van der Waals surface area contributed by atoms with Gasteiger partial charge in [-0.2, -0.15) is 0 Å². The van der Waals surface area contributed by atoms with E-state index in [9.17, 15) is 9.59 Å². The number of hydrogen-bond donors (Lipinski definition) is 0. The van der Waals surface area contributed by atoms with E-state index in [1.165, 1.54) is 12.0 Å². The Morgan fingerprint density at radius 2 is 2.09 bits per heavy atom. The first kappa shape index (κ1) is 17.6. The lowest BCUT2D eigenvalue weighted by Crippen LogP contribution is -2.27. The zero-order valence-corrected chi connectivity index (χ0v) is 14.8. The molecule has 0 fully saturated rings. The fourth-order valence-electron chi connectivity index (χ4n) is 2.00. The lowest BCUT2D eigenvalue weighted by molar-refractivity contribution is -0.127. The average molecular weight is 349 g/mol. The fraction of sp³-hybridized carbons (Fsp3) is 0.294. The van der Waals surface area contributed by atoms with Gasteiger partial charge in [0.2, 0.25) is 5.91 Å². The first-order chi connectivity index (χ1) is 11.1. The lowest BCUT2D eigenvalue weighted by atomic mass is 10.1. The molecule has 2 rings (SSSR count). The molecule has 1 amide bonds. The van der Waals surface area contributed by atoms with Crippen LogP contribution in [0.4, 0.5) is 0 Å². The molecular weight excluding hydrogens is 330 g/mol. The molecule has 1 aromatic heterocycles. The summed E-state index contributed by atoms with van der Waals surface area (Å²) in [5.41, 5.74) is 1.54. The number of amides is 1. The number of hydrogen-bond acceptors (Lipinski definition) is 5. The minimum Gasteiger partial charge on any atom is -0.465 e. The highest BCUT2D eigenvalue weighted by molar-refractivity contribution is 7.99. The summed E-state index contributed by atoms with van der Waals surface area (Å²) in [6.07, 6.45) is 0. The van der Waals surface area contributed by atoms with Crippen LogP contribution in [0.25, 0.3) is 0 Å². The van der Waals surface area contributed by atoms with Crippen LogP contribution in [0.2, 0.25) is 0 Å². The molecule has 0 bridgehead atoms. The largest absolute Gasteiger partial charge is 0.465 e. The van der Waals surface area contributed by atoms with E-state index in [-0.39, 0.29) is 11.9 Å². The quantitative estimate of drug-likeness (QED) is 0.719. The maximum Gasteiger partial charge on any atom is 0.337 e. The molecule has 0 saturated heterocycles. The molecule has 0 spiro atoms. The summed E-state index contributed by atoms with van der Waals surface area (Å²) >= 11 is 3.19. The minimum absolute atomic E-state index is 0.104. The van der Waals surface area contributed by atoms with Gasteiger partial charge in [0.15, 0.2) is 0 Å². The summed E-state index contributed by atoms with van der Waals surface area (Å²) in [7, 11) is 3.19. The molecule has 0 saturated carbocycles. The predicted molar refractivity (Wildman–Crippen MR) is 94.7 cm³/mol. The second-order valence-electron chi connectivity index (χ2n) is 5.01. The van der Waals surface area contributed by atoms with E-state index < -0.39 is 0 Å². The van der Waals surface area contributed by atoms with Gasteiger partial charge in [0.05, 0.1) is 25.0 Å². The van der Waals surface area contributed by atoms with Crippen molar-refractivity contribution >= 4 is 35.0 Å². The Morgan fingerprint density at radius 1 is 1.26 bits per heavy atom. The van der Waals surface area contributed by atoms with Gasteiger partial charge in [-0.3, -0.25) is 4.79 Å². The number of ether oxygens (including phenoxy) is 1. The molecule has 1 aromatic carbocycles. The standard InChI is InChI=1S/C17H19NO3S2/c1-18(10-15-7-4-8-23-15)16(19)12-22-11-13-5-3-6-14(9-13)17(20)21-2/h3-9H,10-12H2,1-2H3. The fourth-order valence-corrected chi connectivity index (χ4v) is 3.67. The van der Waals surface area contributed by atoms with Crippen molar-refractivity contribution in [2.45, 2.75) is 12.3 Å². The molecule has 23 heavy (non-hydrogen) atoms. The third kappa shape index (κ3) is 5.41. The van der Waals surface area contributed by atoms with Crippen molar-refractivity contribution in [3.8, 4) is 0 Å². The monoisotopic (exact) mass is 349 g/mol. The highest BCUT2D eigenvalue weighted by Crippen LogP contribution is 2.16. The van der Waals surface area contributed by atoms with Gasteiger partial charge in [-0.25, -0.2) is 4.79 Å². The SMILES string of the molecule is COC(=O)c1cccc(CSCC(=O)N(C)Cc2cccs2)c1. The molecular formula is C17H19NO3S2. The van der Waals surface area contributed by atoms with Gasteiger partial charge in [-0.15, -0.1) is 23.1 Å². The van der Waals surface area contributed by atoms with Gasteiger partial charge in [0, 0.05) is 17.7 Å². The number of esters is 1. The molecule has 0 aliphatic rings. The number of nitrogens with zero attached hydrogens (tertiary/aromatic N) is 1. The Kier molecular flexibility index (Phi) is 6.67. The third-order valence-electron chi connectivity index (χ3n) is 3.24. The number of methoxy groups -OCH3 is 1. The van der Waals surface area contributed by atoms with Gasteiger partial charge in [0.1, 0.15) is 0 Å². The number of benzene rings is 1. The van der Waals surface area contributed by atoms with Gasteiger partial charge in [-0.05, 0) is 29.1 Å². The topological polar surface area (TPSA) is 46.6 Å². The Labute approximate surface area is 144 Å². The number of carbonyl (C=O) groups excluding carboxylic acids is 2.